The van der Waals surface area contributed by atoms with Crippen LogP contribution < -0.4 is 10.6 Å². The van der Waals surface area contributed by atoms with Crippen molar-refractivity contribution in [3.05, 3.63) is 0 Å². The van der Waals surface area contributed by atoms with Crippen molar-refractivity contribution in [2.45, 2.75) is 38.1 Å². The molecule has 0 radical (unpaired) electrons. The largest absolute Gasteiger partial charge is 0.341 e. The van der Waals surface area contributed by atoms with Crippen LogP contribution in [-0.4, -0.2) is 37.1 Å². The van der Waals surface area contributed by atoms with Crippen LogP contribution in [0.15, 0.2) is 0 Å². The van der Waals surface area contributed by atoms with E-state index in [1.165, 1.54) is 11.3 Å². The van der Waals surface area contributed by atoms with Crippen LogP contribution in [-0.2, 0) is 0 Å². The third-order valence-electron chi connectivity index (χ3n) is 2.81. The first kappa shape index (κ1) is 11.8. The van der Waals surface area contributed by atoms with Crippen molar-refractivity contribution in [3.8, 4) is 0 Å². The zero-order chi connectivity index (χ0) is 11.3. The predicted molar refractivity (Wildman–Crippen MR) is 57.6 cm³/mol. The van der Waals surface area contributed by atoms with Gasteiger partial charge in [-0.3, -0.25) is 0 Å². The van der Waals surface area contributed by atoms with Crippen LogP contribution in [0.5, 0.6) is 0 Å². The van der Waals surface area contributed by atoms with Crippen LogP contribution >= 0.6 is 0 Å². The molecule has 0 aliphatic heterocycles. The summed E-state index contributed by atoms with van der Waals surface area (Å²) >= 11 is 0. The number of hydrogen-bond donors (Lipinski definition) is 2. The molecule has 0 spiro atoms. The summed E-state index contributed by atoms with van der Waals surface area (Å²) in [6.07, 6.45) is 5.22. The van der Waals surface area contributed by atoms with Crippen LogP contribution in [0.25, 0.3) is 0 Å². The molecule has 0 heterocycles. The smallest absolute Gasteiger partial charge is 0.325 e. The van der Waals surface area contributed by atoms with E-state index in [9.17, 15) is 9.59 Å². The van der Waals surface area contributed by atoms with Crippen molar-refractivity contribution in [1.82, 2.24) is 15.5 Å². The van der Waals surface area contributed by atoms with Crippen LogP contribution in [0.4, 0.5) is 9.59 Å². The Labute approximate surface area is 90.2 Å². The van der Waals surface area contributed by atoms with E-state index in [0.717, 1.165) is 25.7 Å². The highest BCUT2D eigenvalue weighted by atomic mass is 16.2. The van der Waals surface area contributed by atoms with Crippen LogP contribution in [0.2, 0.25) is 0 Å². The normalized spacial score (nSPS) is 16.9. The van der Waals surface area contributed by atoms with Crippen LogP contribution in [0, 0.1) is 0 Å². The van der Waals surface area contributed by atoms with E-state index < -0.39 is 0 Å². The Morgan fingerprint density at radius 2 is 1.47 bits per heavy atom. The van der Waals surface area contributed by atoms with E-state index in [4.69, 9.17) is 0 Å². The maximum atomic E-state index is 11.6. The SMILES string of the molecule is CNC(=O)N(C(=O)NC)C1CCCCC1. The molecule has 0 aromatic rings. The number of rotatable bonds is 1. The topological polar surface area (TPSA) is 61.4 Å². The molecule has 0 aromatic heterocycles. The van der Waals surface area contributed by atoms with Gasteiger partial charge in [-0.2, -0.15) is 0 Å². The van der Waals surface area contributed by atoms with E-state index in [1.54, 1.807) is 14.1 Å². The first-order chi connectivity index (χ1) is 7.20. The Bertz CT molecular complexity index is 221. The van der Waals surface area contributed by atoms with Gasteiger partial charge < -0.3 is 10.6 Å². The van der Waals surface area contributed by atoms with Crippen molar-refractivity contribution in [1.29, 1.82) is 0 Å². The third-order valence-corrected chi connectivity index (χ3v) is 2.81. The average Bonchev–Trinajstić information content (AvgIpc) is 2.30. The second-order valence-electron chi connectivity index (χ2n) is 3.77. The van der Waals surface area contributed by atoms with Gasteiger partial charge >= 0.3 is 12.1 Å². The van der Waals surface area contributed by atoms with Crippen molar-refractivity contribution in [2.24, 2.45) is 0 Å². The van der Waals surface area contributed by atoms with E-state index in [2.05, 4.69) is 10.6 Å². The number of imide groups is 1. The fourth-order valence-corrected chi connectivity index (χ4v) is 2.00. The quantitative estimate of drug-likeness (QED) is 0.689. The molecule has 1 fully saturated rings. The molecule has 1 rings (SSSR count). The van der Waals surface area contributed by atoms with Gasteiger partial charge in [-0.1, -0.05) is 19.3 Å². The lowest BCUT2D eigenvalue weighted by molar-refractivity contribution is 0.158. The van der Waals surface area contributed by atoms with Crippen LogP contribution in [0.3, 0.4) is 0 Å². The molecule has 4 amide bonds. The first-order valence-corrected chi connectivity index (χ1v) is 5.43. The summed E-state index contributed by atoms with van der Waals surface area (Å²) in [6.45, 7) is 0. The van der Waals surface area contributed by atoms with Crippen LogP contribution in [0.1, 0.15) is 32.1 Å². The minimum Gasteiger partial charge on any atom is -0.341 e. The predicted octanol–water partition coefficient (Wildman–Crippen LogP) is 1.30. The molecule has 2 N–H and O–H groups in total. The Morgan fingerprint density at radius 1 is 1.00 bits per heavy atom. The van der Waals surface area contributed by atoms with Crippen molar-refractivity contribution < 1.29 is 9.59 Å². The molecule has 1 saturated carbocycles. The summed E-state index contributed by atoms with van der Waals surface area (Å²) in [7, 11) is 3.09. The van der Waals surface area contributed by atoms with E-state index in [1.807, 2.05) is 0 Å². The Hall–Kier alpha value is -1.26. The Morgan fingerprint density at radius 3 is 1.87 bits per heavy atom. The Kier molecular flexibility index (Phi) is 4.39. The van der Waals surface area contributed by atoms with E-state index in [-0.39, 0.29) is 18.1 Å². The lowest BCUT2D eigenvalue weighted by Crippen LogP contribution is -2.52. The molecule has 15 heavy (non-hydrogen) atoms. The molecule has 5 nitrogen and oxygen atoms in total. The summed E-state index contributed by atoms with van der Waals surface area (Å²) in [6, 6.07) is -0.582. The molecule has 0 saturated heterocycles. The van der Waals surface area contributed by atoms with Gasteiger partial charge in [-0.15, -0.1) is 0 Å². The zero-order valence-electron chi connectivity index (χ0n) is 9.38. The van der Waals surface area contributed by atoms with Gasteiger partial charge in [0, 0.05) is 20.1 Å². The maximum Gasteiger partial charge on any atom is 0.325 e. The second kappa shape index (κ2) is 5.58. The average molecular weight is 213 g/mol. The molecule has 0 bridgehead atoms. The highest BCUT2D eigenvalue weighted by Crippen LogP contribution is 2.22. The third kappa shape index (κ3) is 2.84. The molecule has 1 aliphatic rings. The molecule has 1 aliphatic carbocycles. The fraction of sp³-hybridized carbons (Fsp3) is 0.800. The number of nitrogens with zero attached hydrogens (tertiary/aromatic N) is 1. The molecular weight excluding hydrogens is 194 g/mol. The minimum absolute atomic E-state index is 0.0543. The highest BCUT2D eigenvalue weighted by Gasteiger charge is 2.29. The van der Waals surface area contributed by atoms with E-state index in [0.29, 0.717) is 0 Å². The van der Waals surface area contributed by atoms with Crippen molar-refractivity contribution in [3.63, 3.8) is 0 Å². The van der Waals surface area contributed by atoms with Gasteiger partial charge in [0.05, 0.1) is 0 Å². The number of urea groups is 2. The Balaban J connectivity index is 2.69. The maximum absolute atomic E-state index is 11.6. The zero-order valence-corrected chi connectivity index (χ0v) is 9.38. The number of hydrogen-bond acceptors (Lipinski definition) is 2. The number of amides is 4. The first-order valence-electron chi connectivity index (χ1n) is 5.43. The van der Waals surface area contributed by atoms with Gasteiger partial charge in [-0.25, -0.2) is 14.5 Å². The molecular formula is C10H19N3O2. The molecule has 86 valence electrons. The highest BCUT2D eigenvalue weighted by molar-refractivity contribution is 5.93. The van der Waals surface area contributed by atoms with Gasteiger partial charge in [0.2, 0.25) is 0 Å². The van der Waals surface area contributed by atoms with Crippen molar-refractivity contribution >= 4 is 12.1 Å². The van der Waals surface area contributed by atoms with Gasteiger partial charge in [0.1, 0.15) is 0 Å². The summed E-state index contributed by atoms with van der Waals surface area (Å²) in [5.74, 6) is 0. The summed E-state index contributed by atoms with van der Waals surface area (Å²) in [5, 5.41) is 5.01. The van der Waals surface area contributed by atoms with Gasteiger partial charge in [0.15, 0.2) is 0 Å². The number of nitrogens with one attached hydrogen (secondary N) is 2. The molecule has 0 atom stereocenters. The monoisotopic (exact) mass is 213 g/mol. The summed E-state index contributed by atoms with van der Waals surface area (Å²) in [5.41, 5.74) is 0. The van der Waals surface area contributed by atoms with Gasteiger partial charge in [-0.05, 0) is 12.8 Å². The fourth-order valence-electron chi connectivity index (χ4n) is 2.00. The minimum atomic E-state index is -0.318. The molecule has 0 unspecified atom stereocenters. The van der Waals surface area contributed by atoms with Crippen molar-refractivity contribution in [2.75, 3.05) is 14.1 Å². The number of carbonyl (C=O) groups excluding carboxylic acids is 2. The summed E-state index contributed by atoms with van der Waals surface area (Å²) in [4.78, 5) is 24.4. The lowest BCUT2D eigenvalue weighted by Gasteiger charge is -2.31. The molecule has 5 heteroatoms. The van der Waals surface area contributed by atoms with Gasteiger partial charge in [0.25, 0.3) is 0 Å². The molecule has 0 aromatic carbocycles. The summed E-state index contributed by atoms with van der Waals surface area (Å²) < 4.78 is 0. The van der Waals surface area contributed by atoms with E-state index >= 15 is 0 Å². The number of carbonyl (C=O) groups is 2. The lowest BCUT2D eigenvalue weighted by atomic mass is 9.94. The second-order valence-corrected chi connectivity index (χ2v) is 3.77. The standard InChI is InChI=1S/C10H19N3O2/c1-11-9(14)13(10(15)12-2)8-6-4-3-5-7-8/h8H,3-7H2,1-2H3,(H,11,14)(H,12,15).